The number of anilines is 1. The Morgan fingerprint density at radius 2 is 1.67 bits per heavy atom. The number of aryl methyl sites for hydroxylation is 1. The van der Waals surface area contributed by atoms with Gasteiger partial charge in [0.15, 0.2) is 0 Å². The van der Waals surface area contributed by atoms with Crippen LogP contribution in [0.1, 0.15) is 25.6 Å². The van der Waals surface area contributed by atoms with Crippen LogP contribution in [0.25, 0.3) is 0 Å². The van der Waals surface area contributed by atoms with Gasteiger partial charge in [-0.25, -0.2) is 0 Å². The molecule has 1 aromatic carbocycles. The zero-order valence-corrected chi connectivity index (χ0v) is 15.0. The van der Waals surface area contributed by atoms with E-state index in [1.54, 1.807) is 17.0 Å². The van der Waals surface area contributed by atoms with E-state index in [4.69, 9.17) is 5.73 Å². The maximum absolute atomic E-state index is 12.6. The fourth-order valence-corrected chi connectivity index (χ4v) is 3.40. The van der Waals surface area contributed by atoms with E-state index in [0.717, 1.165) is 10.4 Å². The van der Waals surface area contributed by atoms with Crippen LogP contribution >= 0.6 is 23.7 Å². The van der Waals surface area contributed by atoms with E-state index in [0.29, 0.717) is 37.4 Å². The third-order valence-electron chi connectivity index (χ3n) is 4.08. The van der Waals surface area contributed by atoms with Gasteiger partial charge in [0.1, 0.15) is 0 Å². The van der Waals surface area contributed by atoms with E-state index < -0.39 is 0 Å². The Kier molecular flexibility index (Phi) is 5.85. The molecule has 2 aromatic rings. The second kappa shape index (κ2) is 7.68. The van der Waals surface area contributed by atoms with Crippen molar-refractivity contribution >= 4 is 41.2 Å². The Bertz CT molecular complexity index is 725. The van der Waals surface area contributed by atoms with Crippen molar-refractivity contribution in [1.29, 1.82) is 0 Å². The highest BCUT2D eigenvalue weighted by molar-refractivity contribution is 7.12. The minimum atomic E-state index is -0.0157. The SMILES string of the molecule is Cc1ccc(N)cc1C(=O)N1CCN(C(=O)c2cccs2)CC1.Cl. The summed E-state index contributed by atoms with van der Waals surface area (Å²) in [5.41, 5.74) is 7.94. The fourth-order valence-electron chi connectivity index (χ4n) is 2.71. The first-order valence-electron chi connectivity index (χ1n) is 7.54. The maximum Gasteiger partial charge on any atom is 0.264 e. The minimum Gasteiger partial charge on any atom is -0.399 e. The highest BCUT2D eigenvalue weighted by atomic mass is 35.5. The molecule has 2 amide bonds. The van der Waals surface area contributed by atoms with Gasteiger partial charge in [0, 0.05) is 37.4 Å². The number of hydrogen-bond acceptors (Lipinski definition) is 4. The molecule has 0 bridgehead atoms. The highest BCUT2D eigenvalue weighted by Crippen LogP contribution is 2.18. The van der Waals surface area contributed by atoms with Crippen LogP contribution in [0, 0.1) is 6.92 Å². The molecule has 0 radical (unpaired) electrons. The summed E-state index contributed by atoms with van der Waals surface area (Å²) in [5.74, 6) is 0.0326. The van der Waals surface area contributed by atoms with Crippen LogP contribution in [0.4, 0.5) is 5.69 Å². The number of thiophene rings is 1. The van der Waals surface area contributed by atoms with Gasteiger partial charge in [0.2, 0.25) is 0 Å². The Morgan fingerprint density at radius 1 is 1.04 bits per heavy atom. The average molecular weight is 366 g/mol. The molecular formula is C17H20ClN3O2S. The number of nitrogens with two attached hydrogens (primary N) is 1. The van der Waals surface area contributed by atoms with E-state index in [-0.39, 0.29) is 24.2 Å². The zero-order chi connectivity index (χ0) is 16.4. The monoisotopic (exact) mass is 365 g/mol. The van der Waals surface area contributed by atoms with Gasteiger partial charge in [0.25, 0.3) is 11.8 Å². The number of benzene rings is 1. The molecule has 1 saturated heterocycles. The van der Waals surface area contributed by atoms with Gasteiger partial charge in [-0.2, -0.15) is 0 Å². The van der Waals surface area contributed by atoms with Gasteiger partial charge in [-0.1, -0.05) is 12.1 Å². The van der Waals surface area contributed by atoms with Crippen molar-refractivity contribution in [3.8, 4) is 0 Å². The Hall–Kier alpha value is -2.05. The molecule has 0 spiro atoms. The molecule has 24 heavy (non-hydrogen) atoms. The summed E-state index contributed by atoms with van der Waals surface area (Å²) in [6.07, 6.45) is 0. The lowest BCUT2D eigenvalue weighted by atomic mass is 10.1. The van der Waals surface area contributed by atoms with Crippen molar-refractivity contribution in [2.24, 2.45) is 0 Å². The van der Waals surface area contributed by atoms with Crippen molar-refractivity contribution in [2.45, 2.75) is 6.92 Å². The van der Waals surface area contributed by atoms with Crippen LogP contribution in [-0.4, -0.2) is 47.8 Å². The fraction of sp³-hybridized carbons (Fsp3) is 0.294. The van der Waals surface area contributed by atoms with Crippen molar-refractivity contribution in [2.75, 3.05) is 31.9 Å². The summed E-state index contributed by atoms with van der Waals surface area (Å²) in [5, 5.41) is 1.90. The van der Waals surface area contributed by atoms with Crippen LogP contribution < -0.4 is 5.73 Å². The third kappa shape index (κ3) is 3.71. The first-order valence-corrected chi connectivity index (χ1v) is 8.42. The first kappa shape index (κ1) is 18.3. The summed E-state index contributed by atoms with van der Waals surface area (Å²) >= 11 is 1.45. The molecule has 0 aliphatic carbocycles. The average Bonchev–Trinajstić information content (AvgIpc) is 3.10. The quantitative estimate of drug-likeness (QED) is 0.832. The van der Waals surface area contributed by atoms with Crippen LogP contribution in [0.5, 0.6) is 0 Å². The van der Waals surface area contributed by atoms with Crippen LogP contribution in [0.15, 0.2) is 35.7 Å². The predicted octanol–water partition coefficient (Wildman–Crippen LogP) is 2.66. The zero-order valence-electron chi connectivity index (χ0n) is 13.4. The summed E-state index contributed by atoms with van der Waals surface area (Å²) in [6, 6.07) is 9.09. The standard InChI is InChI=1S/C17H19N3O2S.ClH/c1-12-4-5-13(18)11-14(12)16(21)19-6-8-20(9-7-19)17(22)15-3-2-10-23-15;/h2-5,10-11H,6-9,18H2,1H3;1H. The number of piperazine rings is 1. The number of halogens is 1. The summed E-state index contributed by atoms with van der Waals surface area (Å²) < 4.78 is 0. The van der Waals surface area contributed by atoms with Gasteiger partial charge < -0.3 is 15.5 Å². The molecular weight excluding hydrogens is 346 g/mol. The second-order valence-corrected chi connectivity index (χ2v) is 6.58. The molecule has 1 aliphatic heterocycles. The highest BCUT2D eigenvalue weighted by Gasteiger charge is 2.26. The number of rotatable bonds is 2. The van der Waals surface area contributed by atoms with E-state index in [9.17, 15) is 9.59 Å². The molecule has 1 aliphatic rings. The number of nitrogens with zero attached hydrogens (tertiary/aromatic N) is 2. The topological polar surface area (TPSA) is 66.6 Å². The Labute approximate surface area is 151 Å². The molecule has 0 atom stereocenters. The normalized spacial score (nSPS) is 14.2. The van der Waals surface area contributed by atoms with Crippen LogP contribution in [-0.2, 0) is 0 Å². The van der Waals surface area contributed by atoms with E-state index in [2.05, 4.69) is 0 Å². The lowest BCUT2D eigenvalue weighted by Gasteiger charge is -2.34. The molecule has 2 heterocycles. The van der Waals surface area contributed by atoms with Crippen LogP contribution in [0.2, 0.25) is 0 Å². The van der Waals surface area contributed by atoms with Crippen molar-refractivity contribution < 1.29 is 9.59 Å². The number of carbonyl (C=O) groups excluding carboxylic acids is 2. The van der Waals surface area contributed by atoms with Gasteiger partial charge in [-0.3, -0.25) is 9.59 Å². The van der Waals surface area contributed by atoms with E-state index in [1.165, 1.54) is 11.3 Å². The largest absolute Gasteiger partial charge is 0.399 e. The smallest absolute Gasteiger partial charge is 0.264 e. The number of nitrogen functional groups attached to an aromatic ring is 1. The lowest BCUT2D eigenvalue weighted by Crippen LogP contribution is -2.50. The van der Waals surface area contributed by atoms with Crippen molar-refractivity contribution in [3.05, 3.63) is 51.7 Å². The van der Waals surface area contributed by atoms with Gasteiger partial charge in [0.05, 0.1) is 4.88 Å². The van der Waals surface area contributed by atoms with Gasteiger partial charge in [-0.15, -0.1) is 23.7 Å². The number of hydrogen-bond donors (Lipinski definition) is 1. The van der Waals surface area contributed by atoms with Crippen molar-refractivity contribution in [1.82, 2.24) is 9.80 Å². The number of carbonyl (C=O) groups is 2. The van der Waals surface area contributed by atoms with E-state index in [1.807, 2.05) is 35.4 Å². The van der Waals surface area contributed by atoms with Crippen LogP contribution in [0.3, 0.4) is 0 Å². The van der Waals surface area contributed by atoms with Gasteiger partial charge >= 0.3 is 0 Å². The molecule has 128 valence electrons. The lowest BCUT2D eigenvalue weighted by molar-refractivity contribution is 0.0537. The molecule has 7 heteroatoms. The second-order valence-electron chi connectivity index (χ2n) is 5.64. The summed E-state index contributed by atoms with van der Waals surface area (Å²) in [7, 11) is 0. The summed E-state index contributed by atoms with van der Waals surface area (Å²) in [4.78, 5) is 29.3. The summed E-state index contributed by atoms with van der Waals surface area (Å²) in [6.45, 7) is 4.12. The molecule has 1 aromatic heterocycles. The maximum atomic E-state index is 12.6. The first-order chi connectivity index (χ1) is 11.1. The Balaban J connectivity index is 0.00000208. The van der Waals surface area contributed by atoms with E-state index >= 15 is 0 Å². The molecule has 3 rings (SSSR count). The molecule has 5 nitrogen and oxygen atoms in total. The minimum absolute atomic E-state index is 0. The molecule has 1 fully saturated rings. The predicted molar refractivity (Wildman–Crippen MR) is 99.0 cm³/mol. The number of amides is 2. The van der Waals surface area contributed by atoms with Crippen molar-refractivity contribution in [3.63, 3.8) is 0 Å². The van der Waals surface area contributed by atoms with Gasteiger partial charge in [-0.05, 0) is 36.1 Å². The molecule has 0 unspecified atom stereocenters. The Morgan fingerprint density at radius 3 is 2.25 bits per heavy atom. The molecule has 2 N–H and O–H groups in total. The third-order valence-corrected chi connectivity index (χ3v) is 4.94. The molecule has 0 saturated carbocycles.